The number of nitrogens with zero attached hydrogens (tertiary/aromatic N) is 1. The van der Waals surface area contributed by atoms with Gasteiger partial charge in [-0.05, 0) is 5.56 Å². The third-order valence-corrected chi connectivity index (χ3v) is 5.41. The summed E-state index contributed by atoms with van der Waals surface area (Å²) in [5, 5.41) is 10.1. The fraction of sp³-hybridized carbons (Fsp3) is 0.588. The lowest BCUT2D eigenvalue weighted by molar-refractivity contribution is -0.931. The van der Waals surface area contributed by atoms with Gasteiger partial charge in [0.1, 0.15) is 6.10 Å². The minimum atomic E-state index is -1.17. The normalized spacial score (nSPS) is 30.2. The van der Waals surface area contributed by atoms with E-state index in [1.807, 2.05) is 18.2 Å². The molecule has 122 valence electrons. The first kappa shape index (κ1) is 17.4. The first-order valence-electron chi connectivity index (χ1n) is 7.75. The average Bonchev–Trinajstić information content (AvgIpc) is 2.67. The van der Waals surface area contributed by atoms with Gasteiger partial charge in [0.25, 0.3) is 0 Å². The van der Waals surface area contributed by atoms with Crippen molar-refractivity contribution in [2.75, 3.05) is 14.1 Å². The van der Waals surface area contributed by atoms with Crippen molar-refractivity contribution >= 4 is 5.97 Å². The van der Waals surface area contributed by atoms with Crippen LogP contribution in [0.5, 0.6) is 0 Å². The summed E-state index contributed by atoms with van der Waals surface area (Å²) in [6.07, 6.45) is 3.04. The summed E-state index contributed by atoms with van der Waals surface area (Å²) in [6, 6.07) is 10.1. The number of carbonyl (C=O) groups excluding carboxylic acids is 1. The average molecular weight is 370 g/mol. The molecule has 1 unspecified atom stereocenters. The molecule has 5 heteroatoms. The van der Waals surface area contributed by atoms with Gasteiger partial charge in [0.2, 0.25) is 0 Å². The summed E-state index contributed by atoms with van der Waals surface area (Å²) in [4.78, 5) is 12.1. The third-order valence-electron chi connectivity index (χ3n) is 5.41. The Bertz CT molecular complexity index is 504. The first-order chi connectivity index (χ1) is 9.98. The predicted molar refractivity (Wildman–Crippen MR) is 79.4 cm³/mol. The smallest absolute Gasteiger partial charge is 0.339 e. The van der Waals surface area contributed by atoms with Crippen molar-refractivity contribution in [3.63, 3.8) is 0 Å². The maximum absolute atomic E-state index is 12.1. The van der Waals surface area contributed by atoms with Gasteiger partial charge in [0, 0.05) is 25.7 Å². The number of carbonyl (C=O) groups is 1. The lowest BCUT2D eigenvalue weighted by Crippen LogP contribution is -3.00. The number of rotatable bonds is 3. The number of fused-ring (bicyclic) bond motifs is 2. The Morgan fingerprint density at radius 3 is 2.27 bits per heavy atom. The fourth-order valence-electron chi connectivity index (χ4n) is 3.93. The van der Waals surface area contributed by atoms with Crippen molar-refractivity contribution in [3.8, 4) is 0 Å². The molecule has 4 nitrogen and oxygen atoms in total. The maximum atomic E-state index is 12.1. The van der Waals surface area contributed by atoms with Gasteiger partial charge >= 0.3 is 5.97 Å². The van der Waals surface area contributed by atoms with Gasteiger partial charge in [-0.3, -0.25) is 0 Å². The van der Waals surface area contributed by atoms with Crippen molar-refractivity contribution in [3.05, 3.63) is 35.9 Å². The molecular weight excluding hydrogens is 346 g/mol. The molecule has 2 bridgehead atoms. The molecule has 2 heterocycles. The van der Waals surface area contributed by atoms with E-state index >= 15 is 0 Å². The van der Waals surface area contributed by atoms with Crippen LogP contribution in [0.1, 0.15) is 37.4 Å². The quantitative estimate of drug-likeness (QED) is 0.551. The molecule has 2 aliphatic heterocycles. The summed E-state index contributed by atoms with van der Waals surface area (Å²) in [5.74, 6) is -0.516. The van der Waals surface area contributed by atoms with E-state index in [-0.39, 0.29) is 23.1 Å². The highest BCUT2D eigenvalue weighted by atomic mass is 79.9. The van der Waals surface area contributed by atoms with Crippen molar-refractivity contribution in [1.82, 2.24) is 0 Å². The van der Waals surface area contributed by atoms with Crippen molar-refractivity contribution < 1.29 is 36.1 Å². The predicted octanol–water partition coefficient (Wildman–Crippen LogP) is -0.963. The number of aliphatic hydroxyl groups is 1. The Morgan fingerprint density at radius 1 is 1.18 bits per heavy atom. The van der Waals surface area contributed by atoms with E-state index in [1.165, 1.54) is 12.8 Å². The van der Waals surface area contributed by atoms with Gasteiger partial charge in [-0.2, -0.15) is 0 Å². The molecule has 0 radical (unpaired) electrons. The highest BCUT2D eigenvalue weighted by Gasteiger charge is 2.50. The van der Waals surface area contributed by atoms with Crippen LogP contribution in [0.25, 0.3) is 0 Å². The van der Waals surface area contributed by atoms with Gasteiger partial charge in [0.05, 0.1) is 26.2 Å². The number of quaternary nitrogens is 1. The highest BCUT2D eigenvalue weighted by molar-refractivity contribution is 5.76. The van der Waals surface area contributed by atoms with E-state index in [0.29, 0.717) is 17.6 Å². The summed E-state index contributed by atoms with van der Waals surface area (Å²) >= 11 is 0. The van der Waals surface area contributed by atoms with Crippen LogP contribution in [0.15, 0.2) is 30.3 Å². The lowest BCUT2D eigenvalue weighted by Gasteiger charge is -2.43. The first-order valence-corrected chi connectivity index (χ1v) is 7.75. The highest BCUT2D eigenvalue weighted by Crippen LogP contribution is 2.40. The second kappa shape index (κ2) is 6.69. The molecule has 0 saturated carbocycles. The van der Waals surface area contributed by atoms with E-state index in [2.05, 4.69) is 14.1 Å². The second-order valence-electron chi connectivity index (χ2n) is 6.86. The SMILES string of the molecule is C[N+]1(C)[C@@H]2CC[C@H]1CC(OC(=O)[C@@H](O)c1ccccc1)C2.[Br-]. The van der Waals surface area contributed by atoms with Crippen molar-refractivity contribution in [1.29, 1.82) is 0 Å². The molecule has 2 saturated heterocycles. The van der Waals surface area contributed by atoms with Crippen LogP contribution in [0.2, 0.25) is 0 Å². The number of esters is 1. The Labute approximate surface area is 142 Å². The Morgan fingerprint density at radius 2 is 1.73 bits per heavy atom. The molecule has 22 heavy (non-hydrogen) atoms. The molecule has 3 rings (SSSR count). The standard InChI is InChI=1S/C17H24NO3.BrH/c1-18(2)13-8-9-14(18)11-15(10-13)21-17(20)16(19)12-6-4-3-5-7-12;/h3-7,13-16,19H,8-11H2,1-2H3;1H/q+1;/p-1/t13-,14+,15?,16-;/m0./s1. The zero-order chi connectivity index (χ0) is 15.0. The van der Waals surface area contributed by atoms with Crippen LogP contribution < -0.4 is 17.0 Å². The topological polar surface area (TPSA) is 46.5 Å². The van der Waals surface area contributed by atoms with E-state index in [4.69, 9.17) is 4.74 Å². The Kier molecular flexibility index (Phi) is 5.30. The Balaban J connectivity index is 0.00000176. The lowest BCUT2D eigenvalue weighted by atomic mass is 9.97. The third kappa shape index (κ3) is 3.21. The number of ether oxygens (including phenoxy) is 1. The largest absolute Gasteiger partial charge is 1.00 e. The van der Waals surface area contributed by atoms with Crippen LogP contribution in [0.4, 0.5) is 0 Å². The van der Waals surface area contributed by atoms with Crippen LogP contribution in [-0.2, 0) is 9.53 Å². The minimum absolute atomic E-state index is 0. The molecule has 1 aromatic carbocycles. The summed E-state index contributed by atoms with van der Waals surface area (Å²) < 4.78 is 6.63. The number of hydrogen-bond acceptors (Lipinski definition) is 3. The van der Waals surface area contributed by atoms with Crippen LogP contribution in [-0.4, -0.2) is 47.8 Å². The molecule has 0 spiro atoms. The van der Waals surface area contributed by atoms with E-state index < -0.39 is 12.1 Å². The molecule has 0 aliphatic carbocycles. The fourth-order valence-corrected chi connectivity index (χ4v) is 3.93. The molecule has 1 aromatic rings. The van der Waals surface area contributed by atoms with Gasteiger partial charge in [-0.15, -0.1) is 0 Å². The molecule has 0 amide bonds. The van der Waals surface area contributed by atoms with E-state index in [1.54, 1.807) is 12.1 Å². The number of halogens is 1. The van der Waals surface area contributed by atoms with E-state index in [0.717, 1.165) is 17.3 Å². The zero-order valence-corrected chi connectivity index (χ0v) is 14.7. The zero-order valence-electron chi connectivity index (χ0n) is 13.1. The minimum Gasteiger partial charge on any atom is -1.00 e. The molecular formula is C17H24BrNO3. The summed E-state index contributed by atoms with van der Waals surface area (Å²) in [6.45, 7) is 0. The summed E-state index contributed by atoms with van der Waals surface area (Å²) in [7, 11) is 4.55. The van der Waals surface area contributed by atoms with Crippen molar-refractivity contribution in [2.45, 2.75) is 50.0 Å². The molecule has 0 aromatic heterocycles. The van der Waals surface area contributed by atoms with Crippen molar-refractivity contribution in [2.24, 2.45) is 0 Å². The number of benzene rings is 1. The number of piperidine rings is 1. The van der Waals surface area contributed by atoms with Crippen LogP contribution in [0.3, 0.4) is 0 Å². The monoisotopic (exact) mass is 369 g/mol. The molecule has 2 aliphatic rings. The van der Waals surface area contributed by atoms with Gasteiger partial charge in [-0.25, -0.2) is 4.79 Å². The van der Waals surface area contributed by atoms with Gasteiger partial charge < -0.3 is 31.3 Å². The van der Waals surface area contributed by atoms with Crippen LogP contribution >= 0.6 is 0 Å². The number of aliphatic hydroxyl groups excluding tert-OH is 1. The van der Waals surface area contributed by atoms with Gasteiger partial charge in [-0.1, -0.05) is 30.3 Å². The van der Waals surface area contributed by atoms with E-state index in [9.17, 15) is 9.90 Å². The van der Waals surface area contributed by atoms with Gasteiger partial charge in [0.15, 0.2) is 6.10 Å². The molecule has 1 N–H and O–H groups in total. The second-order valence-corrected chi connectivity index (χ2v) is 6.86. The van der Waals surface area contributed by atoms with Crippen LogP contribution in [0, 0.1) is 0 Å². The Hall–Kier alpha value is -0.910. The summed E-state index contributed by atoms with van der Waals surface area (Å²) in [5.41, 5.74) is 0.595. The molecule has 4 atom stereocenters. The maximum Gasteiger partial charge on any atom is 0.339 e. The molecule has 2 fully saturated rings. The number of hydrogen-bond donors (Lipinski definition) is 1.